The van der Waals surface area contributed by atoms with E-state index >= 15 is 0 Å². The van der Waals surface area contributed by atoms with Crippen LogP contribution in [0.3, 0.4) is 0 Å². The molecule has 1 aliphatic carbocycles. The second-order valence-electron chi connectivity index (χ2n) is 8.13. The molecule has 7 nitrogen and oxygen atoms in total. The van der Waals surface area contributed by atoms with Crippen molar-refractivity contribution in [2.75, 3.05) is 13.7 Å². The number of nitrogens with zero attached hydrogens (tertiary/aromatic N) is 1. The molecule has 0 aromatic heterocycles. The zero-order valence-corrected chi connectivity index (χ0v) is 17.1. The molecule has 1 aromatic rings. The SMILES string of the molecule is COC(=O)C1CCCCC1CNC(=O)C(C(C)C)N1C(=O)c2ccccc2C1=O. The molecule has 1 aromatic carbocycles. The standard InChI is InChI=1S/C22H28N2O5/c1-13(2)18(24-20(26)16-10-6-7-11-17(16)21(24)27)19(25)23-12-14-8-4-5-9-15(14)22(28)29-3/h6-7,10-11,13-15,18H,4-5,8-9,12H2,1-3H3,(H,23,25). The molecular weight excluding hydrogens is 372 g/mol. The van der Waals surface area contributed by atoms with E-state index in [2.05, 4.69) is 5.32 Å². The lowest BCUT2D eigenvalue weighted by Gasteiger charge is -2.32. The molecule has 156 valence electrons. The van der Waals surface area contributed by atoms with E-state index in [0.717, 1.165) is 30.6 Å². The van der Waals surface area contributed by atoms with Crippen molar-refractivity contribution >= 4 is 23.7 Å². The summed E-state index contributed by atoms with van der Waals surface area (Å²) in [7, 11) is 1.38. The van der Waals surface area contributed by atoms with Gasteiger partial charge in [0.1, 0.15) is 6.04 Å². The number of esters is 1. The van der Waals surface area contributed by atoms with Gasteiger partial charge in [0.2, 0.25) is 5.91 Å². The summed E-state index contributed by atoms with van der Waals surface area (Å²) in [6.07, 6.45) is 3.55. The van der Waals surface area contributed by atoms with Crippen LogP contribution in [0.1, 0.15) is 60.2 Å². The summed E-state index contributed by atoms with van der Waals surface area (Å²) < 4.78 is 4.91. The van der Waals surface area contributed by atoms with Crippen molar-refractivity contribution in [1.29, 1.82) is 0 Å². The smallest absolute Gasteiger partial charge is 0.309 e. The van der Waals surface area contributed by atoms with Crippen LogP contribution in [0.25, 0.3) is 0 Å². The number of rotatable bonds is 6. The van der Waals surface area contributed by atoms with Crippen molar-refractivity contribution in [3.05, 3.63) is 35.4 Å². The Balaban J connectivity index is 1.73. The van der Waals surface area contributed by atoms with Gasteiger partial charge in [-0.2, -0.15) is 0 Å². The fourth-order valence-electron chi connectivity index (χ4n) is 4.43. The van der Waals surface area contributed by atoms with Crippen LogP contribution in [0.4, 0.5) is 0 Å². The Morgan fingerprint density at radius 2 is 1.69 bits per heavy atom. The summed E-state index contributed by atoms with van der Waals surface area (Å²) in [6, 6.07) is 5.71. The van der Waals surface area contributed by atoms with Crippen molar-refractivity contribution in [3.63, 3.8) is 0 Å². The molecule has 0 saturated heterocycles. The highest BCUT2D eigenvalue weighted by molar-refractivity contribution is 6.22. The maximum absolute atomic E-state index is 13.0. The number of ether oxygens (including phenoxy) is 1. The molecule has 0 spiro atoms. The molecule has 2 aliphatic rings. The summed E-state index contributed by atoms with van der Waals surface area (Å²) in [5, 5.41) is 2.89. The molecule has 3 atom stereocenters. The number of methoxy groups -OCH3 is 1. The Morgan fingerprint density at radius 3 is 2.24 bits per heavy atom. The molecular formula is C22H28N2O5. The second kappa shape index (κ2) is 8.76. The number of carbonyl (C=O) groups excluding carboxylic acids is 4. The second-order valence-corrected chi connectivity index (χ2v) is 8.13. The molecule has 1 fully saturated rings. The number of amides is 3. The molecule has 0 radical (unpaired) electrons. The van der Waals surface area contributed by atoms with Crippen LogP contribution in [0.5, 0.6) is 0 Å². The number of benzene rings is 1. The number of nitrogens with one attached hydrogen (secondary N) is 1. The van der Waals surface area contributed by atoms with E-state index in [4.69, 9.17) is 4.74 Å². The maximum Gasteiger partial charge on any atom is 0.309 e. The Bertz CT molecular complexity index is 784. The van der Waals surface area contributed by atoms with Gasteiger partial charge in [-0.15, -0.1) is 0 Å². The van der Waals surface area contributed by atoms with Crippen LogP contribution in [-0.2, 0) is 14.3 Å². The summed E-state index contributed by atoms with van der Waals surface area (Å²) in [5.74, 6) is -1.98. The molecule has 3 rings (SSSR count). The molecule has 29 heavy (non-hydrogen) atoms. The third-order valence-electron chi connectivity index (χ3n) is 5.96. The summed E-state index contributed by atoms with van der Waals surface area (Å²) in [5.41, 5.74) is 0.656. The topological polar surface area (TPSA) is 92.8 Å². The lowest BCUT2D eigenvalue weighted by Crippen LogP contribution is -2.53. The minimum absolute atomic E-state index is 0.00450. The predicted molar refractivity (Wildman–Crippen MR) is 106 cm³/mol. The average Bonchev–Trinajstić information content (AvgIpc) is 2.97. The van der Waals surface area contributed by atoms with Gasteiger partial charge in [0.05, 0.1) is 24.2 Å². The Hall–Kier alpha value is -2.70. The molecule has 1 aliphatic heterocycles. The third-order valence-corrected chi connectivity index (χ3v) is 5.96. The summed E-state index contributed by atoms with van der Waals surface area (Å²) in [4.78, 5) is 51.8. The number of fused-ring (bicyclic) bond motifs is 1. The molecule has 1 saturated carbocycles. The van der Waals surface area contributed by atoms with Gasteiger partial charge in [0, 0.05) is 6.54 Å². The van der Waals surface area contributed by atoms with Crippen LogP contribution in [0.2, 0.25) is 0 Å². The fourth-order valence-corrected chi connectivity index (χ4v) is 4.43. The van der Waals surface area contributed by atoms with Crippen molar-refractivity contribution in [2.24, 2.45) is 17.8 Å². The first-order valence-corrected chi connectivity index (χ1v) is 10.2. The van der Waals surface area contributed by atoms with E-state index in [1.807, 2.05) is 13.8 Å². The van der Waals surface area contributed by atoms with Crippen LogP contribution < -0.4 is 5.32 Å². The van der Waals surface area contributed by atoms with Gasteiger partial charge in [0.25, 0.3) is 11.8 Å². The third kappa shape index (κ3) is 4.04. The summed E-state index contributed by atoms with van der Waals surface area (Å²) >= 11 is 0. The zero-order chi connectivity index (χ0) is 21.1. The maximum atomic E-state index is 13.0. The Morgan fingerprint density at radius 1 is 1.10 bits per heavy atom. The minimum atomic E-state index is -0.900. The van der Waals surface area contributed by atoms with Crippen molar-refractivity contribution in [1.82, 2.24) is 10.2 Å². The molecule has 7 heteroatoms. The highest BCUT2D eigenvalue weighted by atomic mass is 16.5. The number of hydrogen-bond acceptors (Lipinski definition) is 5. The van der Waals surface area contributed by atoms with Crippen LogP contribution >= 0.6 is 0 Å². The fraction of sp³-hybridized carbons (Fsp3) is 0.545. The first-order valence-electron chi connectivity index (χ1n) is 10.2. The minimum Gasteiger partial charge on any atom is -0.469 e. The van der Waals surface area contributed by atoms with Gasteiger partial charge in [-0.05, 0) is 36.8 Å². The number of hydrogen-bond donors (Lipinski definition) is 1. The normalized spacial score (nSPS) is 22.4. The highest BCUT2D eigenvalue weighted by Crippen LogP contribution is 2.31. The van der Waals surface area contributed by atoms with E-state index in [1.54, 1.807) is 24.3 Å². The van der Waals surface area contributed by atoms with E-state index in [9.17, 15) is 19.2 Å². The van der Waals surface area contributed by atoms with E-state index in [1.165, 1.54) is 7.11 Å². The number of imide groups is 1. The predicted octanol–water partition coefficient (Wildman–Crippen LogP) is 2.40. The van der Waals surface area contributed by atoms with Crippen LogP contribution in [-0.4, -0.2) is 48.3 Å². The van der Waals surface area contributed by atoms with Crippen molar-refractivity contribution < 1.29 is 23.9 Å². The van der Waals surface area contributed by atoms with Gasteiger partial charge >= 0.3 is 5.97 Å². The first kappa shape index (κ1) is 21.0. The van der Waals surface area contributed by atoms with Crippen molar-refractivity contribution in [2.45, 2.75) is 45.6 Å². The quantitative estimate of drug-likeness (QED) is 0.585. The Kier molecular flexibility index (Phi) is 6.35. The van der Waals surface area contributed by atoms with Crippen LogP contribution in [0.15, 0.2) is 24.3 Å². The van der Waals surface area contributed by atoms with Gasteiger partial charge in [-0.3, -0.25) is 24.1 Å². The van der Waals surface area contributed by atoms with Gasteiger partial charge in [-0.25, -0.2) is 0 Å². The highest BCUT2D eigenvalue weighted by Gasteiger charge is 2.44. The van der Waals surface area contributed by atoms with E-state index < -0.39 is 17.9 Å². The molecule has 3 amide bonds. The molecule has 1 heterocycles. The molecule has 1 N–H and O–H groups in total. The lowest BCUT2D eigenvalue weighted by molar-refractivity contribution is -0.149. The van der Waals surface area contributed by atoms with Gasteiger partial charge < -0.3 is 10.1 Å². The average molecular weight is 400 g/mol. The molecule has 0 bridgehead atoms. The summed E-state index contributed by atoms with van der Waals surface area (Å²) in [6.45, 7) is 3.95. The van der Waals surface area contributed by atoms with E-state index in [-0.39, 0.29) is 29.6 Å². The van der Waals surface area contributed by atoms with Gasteiger partial charge in [-0.1, -0.05) is 38.8 Å². The first-order chi connectivity index (χ1) is 13.9. The van der Waals surface area contributed by atoms with Crippen LogP contribution in [0, 0.1) is 17.8 Å². The van der Waals surface area contributed by atoms with Crippen molar-refractivity contribution in [3.8, 4) is 0 Å². The lowest BCUT2D eigenvalue weighted by atomic mass is 9.79. The Labute approximate surface area is 170 Å². The number of carbonyl (C=O) groups is 4. The van der Waals surface area contributed by atoms with E-state index in [0.29, 0.717) is 17.7 Å². The van der Waals surface area contributed by atoms with Gasteiger partial charge in [0.15, 0.2) is 0 Å². The zero-order valence-electron chi connectivity index (χ0n) is 17.1. The largest absolute Gasteiger partial charge is 0.469 e. The molecule has 3 unspecified atom stereocenters. The monoisotopic (exact) mass is 400 g/mol.